The van der Waals surface area contributed by atoms with E-state index in [1.165, 1.54) is 14.2 Å². The van der Waals surface area contributed by atoms with Gasteiger partial charge in [0, 0.05) is 34.9 Å². The Kier molecular flexibility index (Phi) is 5.97. The van der Waals surface area contributed by atoms with Crippen LogP contribution >= 0.6 is 0 Å². The molecule has 3 aromatic rings. The molecule has 3 N–H and O–H groups in total. The summed E-state index contributed by atoms with van der Waals surface area (Å²) in [6, 6.07) is 11.7. The third-order valence-electron chi connectivity index (χ3n) is 4.44. The average Bonchev–Trinajstić information content (AvgIpc) is 3.04. The molecule has 0 atom stereocenters. The van der Waals surface area contributed by atoms with Gasteiger partial charge in [-0.2, -0.15) is 0 Å². The second kappa shape index (κ2) is 8.44. The zero-order valence-corrected chi connectivity index (χ0v) is 17.2. The number of rotatable bonds is 7. The van der Waals surface area contributed by atoms with Gasteiger partial charge < -0.3 is 25.1 Å². The second-order valence-corrected chi connectivity index (χ2v) is 8.44. The molecular weight excluding hydrogens is 394 g/mol. The Morgan fingerprint density at radius 3 is 2.52 bits per heavy atom. The van der Waals surface area contributed by atoms with Gasteiger partial charge in [-0.25, -0.2) is 13.2 Å². The number of ether oxygens (including phenoxy) is 2. The molecule has 0 aliphatic rings. The highest BCUT2D eigenvalue weighted by atomic mass is 32.2. The van der Waals surface area contributed by atoms with E-state index in [9.17, 15) is 13.2 Å². The minimum absolute atomic E-state index is 0.0274. The van der Waals surface area contributed by atoms with Crippen LogP contribution in [-0.4, -0.2) is 46.0 Å². The molecule has 1 aromatic heterocycles. The summed E-state index contributed by atoms with van der Waals surface area (Å²) in [4.78, 5) is 15.5. The Morgan fingerprint density at radius 2 is 1.79 bits per heavy atom. The van der Waals surface area contributed by atoms with E-state index < -0.39 is 15.9 Å². The lowest BCUT2D eigenvalue weighted by Gasteiger charge is -2.11. The molecule has 9 heteroatoms. The fourth-order valence-corrected chi connectivity index (χ4v) is 4.75. The zero-order valence-electron chi connectivity index (χ0n) is 16.4. The van der Waals surface area contributed by atoms with Gasteiger partial charge in [-0.3, -0.25) is 0 Å². The van der Waals surface area contributed by atoms with Gasteiger partial charge in [-0.15, -0.1) is 0 Å². The van der Waals surface area contributed by atoms with Crippen LogP contribution in [0, 0.1) is 6.92 Å². The highest BCUT2D eigenvalue weighted by Crippen LogP contribution is 2.30. The maximum atomic E-state index is 12.8. The van der Waals surface area contributed by atoms with Crippen LogP contribution in [0.15, 0.2) is 47.4 Å². The van der Waals surface area contributed by atoms with Crippen LogP contribution in [0.2, 0.25) is 0 Å². The molecule has 0 saturated heterocycles. The molecule has 154 valence electrons. The van der Waals surface area contributed by atoms with Crippen molar-refractivity contribution in [3.63, 3.8) is 0 Å². The van der Waals surface area contributed by atoms with Crippen molar-refractivity contribution in [1.82, 2.24) is 10.3 Å². The van der Waals surface area contributed by atoms with E-state index >= 15 is 0 Å². The maximum Gasteiger partial charge on any atom is 0.319 e. The molecule has 2 amide bonds. The number of aromatic nitrogens is 1. The Bertz CT molecular complexity index is 1140. The Hall–Kier alpha value is -3.20. The first kappa shape index (κ1) is 20.5. The smallest absolute Gasteiger partial charge is 0.319 e. The summed E-state index contributed by atoms with van der Waals surface area (Å²) in [5, 5.41) is 5.87. The number of carbonyl (C=O) groups excluding carboxylic acids is 1. The number of carbonyl (C=O) groups is 1. The third-order valence-corrected chi connectivity index (χ3v) is 6.33. The summed E-state index contributed by atoms with van der Waals surface area (Å²) in [6.45, 7) is 1.70. The number of nitrogens with one attached hydrogen (secondary N) is 3. The van der Waals surface area contributed by atoms with Crippen molar-refractivity contribution in [2.75, 3.05) is 31.8 Å². The molecule has 0 saturated carbocycles. The van der Waals surface area contributed by atoms with Gasteiger partial charge >= 0.3 is 6.03 Å². The largest absolute Gasteiger partial charge is 0.493 e. The van der Waals surface area contributed by atoms with Crippen molar-refractivity contribution in [2.24, 2.45) is 0 Å². The summed E-state index contributed by atoms with van der Waals surface area (Å²) >= 11 is 0. The SMILES string of the molecule is COc1ccc(NC(=O)NCCS(=O)(=O)c2c(C)[nH]c3ccccc23)cc1OC. The van der Waals surface area contributed by atoms with E-state index in [-0.39, 0.29) is 17.2 Å². The molecule has 0 unspecified atom stereocenters. The summed E-state index contributed by atoms with van der Waals surface area (Å²) in [5.41, 5.74) is 1.85. The summed E-state index contributed by atoms with van der Waals surface area (Å²) in [7, 11) is -0.552. The Morgan fingerprint density at radius 1 is 1.07 bits per heavy atom. The minimum atomic E-state index is -3.57. The van der Waals surface area contributed by atoms with Crippen LogP contribution in [0.25, 0.3) is 10.9 Å². The van der Waals surface area contributed by atoms with Gasteiger partial charge in [0.05, 0.1) is 24.9 Å². The van der Waals surface area contributed by atoms with Crippen LogP contribution in [0.4, 0.5) is 10.5 Å². The number of urea groups is 1. The van der Waals surface area contributed by atoms with Gasteiger partial charge in [0.2, 0.25) is 0 Å². The molecule has 0 spiro atoms. The number of aryl methyl sites for hydroxylation is 1. The first-order valence-corrected chi connectivity index (χ1v) is 10.6. The van der Waals surface area contributed by atoms with Gasteiger partial charge in [0.1, 0.15) is 0 Å². The van der Waals surface area contributed by atoms with Crippen LogP contribution in [0.3, 0.4) is 0 Å². The number of anilines is 1. The normalized spacial score (nSPS) is 11.3. The minimum Gasteiger partial charge on any atom is -0.493 e. The molecule has 3 rings (SSSR count). The number of fused-ring (bicyclic) bond motifs is 1. The summed E-state index contributed by atoms with van der Waals surface area (Å²) in [5.74, 6) is 0.802. The van der Waals surface area contributed by atoms with Crippen molar-refractivity contribution in [3.05, 3.63) is 48.2 Å². The summed E-state index contributed by atoms with van der Waals surface area (Å²) in [6.07, 6.45) is 0. The van der Waals surface area contributed by atoms with E-state index in [1.54, 1.807) is 37.3 Å². The molecule has 0 fully saturated rings. The first-order valence-electron chi connectivity index (χ1n) is 8.92. The predicted octanol–water partition coefficient (Wildman–Crippen LogP) is 3.09. The number of benzene rings is 2. The van der Waals surface area contributed by atoms with E-state index in [0.717, 1.165) is 5.52 Å². The van der Waals surface area contributed by atoms with Crippen molar-refractivity contribution >= 4 is 32.5 Å². The van der Waals surface area contributed by atoms with E-state index in [4.69, 9.17) is 9.47 Å². The molecular formula is C20H23N3O5S. The van der Waals surface area contributed by atoms with Crippen LogP contribution < -0.4 is 20.1 Å². The number of hydrogen-bond acceptors (Lipinski definition) is 5. The number of methoxy groups -OCH3 is 2. The van der Waals surface area contributed by atoms with E-state index in [0.29, 0.717) is 28.3 Å². The maximum absolute atomic E-state index is 12.8. The molecule has 0 aliphatic carbocycles. The number of hydrogen-bond donors (Lipinski definition) is 3. The molecule has 1 heterocycles. The van der Waals surface area contributed by atoms with Gasteiger partial charge in [-0.05, 0) is 25.1 Å². The number of H-pyrrole nitrogens is 1. The first-order chi connectivity index (χ1) is 13.9. The van der Waals surface area contributed by atoms with Crippen molar-refractivity contribution < 1.29 is 22.7 Å². The monoisotopic (exact) mass is 417 g/mol. The quantitative estimate of drug-likeness (QED) is 0.547. The molecule has 0 bridgehead atoms. The molecule has 0 radical (unpaired) electrons. The van der Waals surface area contributed by atoms with Gasteiger partial charge in [0.25, 0.3) is 0 Å². The highest BCUT2D eigenvalue weighted by Gasteiger charge is 2.22. The zero-order chi connectivity index (χ0) is 21.0. The Labute approximate surface area is 169 Å². The van der Waals surface area contributed by atoms with Crippen molar-refractivity contribution in [1.29, 1.82) is 0 Å². The lowest BCUT2D eigenvalue weighted by molar-refractivity contribution is 0.252. The Balaban J connectivity index is 1.63. The molecule has 2 aromatic carbocycles. The molecule has 8 nitrogen and oxygen atoms in total. The lowest BCUT2D eigenvalue weighted by Crippen LogP contribution is -2.32. The van der Waals surface area contributed by atoms with E-state index in [1.807, 2.05) is 12.1 Å². The highest BCUT2D eigenvalue weighted by molar-refractivity contribution is 7.91. The molecule has 29 heavy (non-hydrogen) atoms. The van der Waals surface area contributed by atoms with Crippen LogP contribution in [-0.2, 0) is 9.84 Å². The number of para-hydroxylation sites is 1. The standard InChI is InChI=1S/C20H23N3O5S/c1-13-19(15-6-4-5-7-16(15)22-13)29(25,26)11-10-21-20(24)23-14-8-9-17(27-2)18(12-14)28-3/h4-9,12,22H,10-11H2,1-3H3,(H2,21,23,24). The number of amides is 2. The number of sulfone groups is 1. The lowest BCUT2D eigenvalue weighted by atomic mass is 10.2. The van der Waals surface area contributed by atoms with Gasteiger partial charge in [-0.1, -0.05) is 18.2 Å². The van der Waals surface area contributed by atoms with Crippen LogP contribution in [0.5, 0.6) is 11.5 Å². The fraction of sp³-hybridized carbons (Fsp3) is 0.250. The second-order valence-electron chi connectivity index (χ2n) is 6.39. The van der Waals surface area contributed by atoms with Gasteiger partial charge in [0.15, 0.2) is 21.3 Å². The summed E-state index contributed by atoms with van der Waals surface area (Å²) < 4.78 is 35.9. The number of aromatic amines is 1. The molecule has 0 aliphatic heterocycles. The fourth-order valence-electron chi connectivity index (χ4n) is 3.14. The third kappa shape index (κ3) is 4.45. The topological polar surface area (TPSA) is 110 Å². The van der Waals surface area contributed by atoms with E-state index in [2.05, 4.69) is 15.6 Å². The van der Waals surface area contributed by atoms with Crippen LogP contribution in [0.1, 0.15) is 5.69 Å². The average molecular weight is 417 g/mol. The predicted molar refractivity (Wildman–Crippen MR) is 112 cm³/mol. The van der Waals surface area contributed by atoms with Crippen molar-refractivity contribution in [3.8, 4) is 11.5 Å². The van der Waals surface area contributed by atoms with Crippen molar-refractivity contribution in [2.45, 2.75) is 11.8 Å².